The second-order valence-corrected chi connectivity index (χ2v) is 4.31. The van der Waals surface area contributed by atoms with Crippen LogP contribution in [0.4, 0.5) is 5.82 Å². The second kappa shape index (κ2) is 5.01. The summed E-state index contributed by atoms with van der Waals surface area (Å²) in [5.74, 6) is 1.61. The molecule has 0 aromatic carbocycles. The van der Waals surface area contributed by atoms with E-state index in [1.807, 2.05) is 12.1 Å². The lowest BCUT2D eigenvalue weighted by molar-refractivity contribution is 0.411. The van der Waals surface area contributed by atoms with Crippen LogP contribution in [0, 0.1) is 0 Å². The molecule has 1 aromatic rings. The molecule has 0 saturated heterocycles. The number of pyridine rings is 1. The lowest BCUT2D eigenvalue weighted by Crippen LogP contribution is -2.31. The predicted molar refractivity (Wildman–Crippen MR) is 63.4 cm³/mol. The topological polar surface area (TPSA) is 34.2 Å². The Morgan fingerprint density at radius 3 is 2.80 bits per heavy atom. The van der Waals surface area contributed by atoms with Crippen molar-refractivity contribution in [2.75, 3.05) is 12.4 Å². The molecule has 84 valence electrons. The molecule has 1 N–H and O–H groups in total. The van der Waals surface area contributed by atoms with Gasteiger partial charge in [0.25, 0.3) is 0 Å². The molecular formula is C12H20N2O. The van der Waals surface area contributed by atoms with E-state index in [4.69, 9.17) is 4.74 Å². The van der Waals surface area contributed by atoms with E-state index in [1.165, 1.54) is 0 Å². The summed E-state index contributed by atoms with van der Waals surface area (Å²) >= 11 is 0. The molecule has 0 bridgehead atoms. The Morgan fingerprint density at radius 1 is 1.47 bits per heavy atom. The predicted octanol–water partition coefficient (Wildman–Crippen LogP) is 3.08. The minimum Gasteiger partial charge on any atom is -0.493 e. The SMILES string of the molecule is CCCC(C)(C)Nc1ncccc1OC. The van der Waals surface area contributed by atoms with Crippen molar-refractivity contribution >= 4 is 5.82 Å². The Balaban J connectivity index is 2.79. The van der Waals surface area contributed by atoms with Crippen molar-refractivity contribution in [1.29, 1.82) is 0 Å². The van der Waals surface area contributed by atoms with E-state index in [-0.39, 0.29) is 5.54 Å². The van der Waals surface area contributed by atoms with Gasteiger partial charge in [0, 0.05) is 11.7 Å². The van der Waals surface area contributed by atoms with Crippen molar-refractivity contribution < 1.29 is 4.74 Å². The van der Waals surface area contributed by atoms with Crippen molar-refractivity contribution in [3.8, 4) is 5.75 Å². The molecule has 0 unspecified atom stereocenters. The summed E-state index contributed by atoms with van der Waals surface area (Å²) in [5, 5.41) is 3.40. The Morgan fingerprint density at radius 2 is 2.20 bits per heavy atom. The van der Waals surface area contributed by atoms with Gasteiger partial charge in [0.1, 0.15) is 0 Å². The third-order valence-electron chi connectivity index (χ3n) is 2.32. The summed E-state index contributed by atoms with van der Waals surface area (Å²) in [6, 6.07) is 3.79. The van der Waals surface area contributed by atoms with Crippen LogP contribution in [0.15, 0.2) is 18.3 Å². The first-order valence-corrected chi connectivity index (χ1v) is 5.36. The molecule has 1 aromatic heterocycles. The summed E-state index contributed by atoms with van der Waals surface area (Å²) in [4.78, 5) is 4.28. The molecule has 0 aliphatic carbocycles. The lowest BCUT2D eigenvalue weighted by atomic mass is 9.99. The summed E-state index contributed by atoms with van der Waals surface area (Å²) in [6.07, 6.45) is 4.02. The molecule has 0 aliphatic heterocycles. The van der Waals surface area contributed by atoms with Gasteiger partial charge in [-0.25, -0.2) is 4.98 Å². The van der Waals surface area contributed by atoms with E-state index in [1.54, 1.807) is 13.3 Å². The van der Waals surface area contributed by atoms with Gasteiger partial charge in [-0.15, -0.1) is 0 Å². The van der Waals surface area contributed by atoms with Gasteiger partial charge in [-0.2, -0.15) is 0 Å². The van der Waals surface area contributed by atoms with Gasteiger partial charge >= 0.3 is 0 Å². The molecule has 0 atom stereocenters. The van der Waals surface area contributed by atoms with Crippen LogP contribution in [-0.2, 0) is 0 Å². The zero-order valence-corrected chi connectivity index (χ0v) is 10.0. The zero-order valence-electron chi connectivity index (χ0n) is 10.0. The molecule has 3 nitrogen and oxygen atoms in total. The summed E-state index contributed by atoms with van der Waals surface area (Å²) in [5.41, 5.74) is 0.0520. The summed E-state index contributed by atoms with van der Waals surface area (Å²) < 4.78 is 5.24. The highest BCUT2D eigenvalue weighted by molar-refractivity contribution is 5.50. The number of hydrogen-bond donors (Lipinski definition) is 1. The molecular weight excluding hydrogens is 188 g/mol. The van der Waals surface area contributed by atoms with E-state index >= 15 is 0 Å². The van der Waals surface area contributed by atoms with Gasteiger partial charge < -0.3 is 10.1 Å². The standard InChI is InChI=1S/C12H20N2O/c1-5-8-12(2,3)14-11-10(15-4)7-6-9-13-11/h6-7,9H,5,8H2,1-4H3,(H,13,14). The van der Waals surface area contributed by atoms with E-state index in [0.717, 1.165) is 24.4 Å². The number of anilines is 1. The molecule has 3 heteroatoms. The van der Waals surface area contributed by atoms with Crippen LogP contribution in [0.1, 0.15) is 33.6 Å². The van der Waals surface area contributed by atoms with E-state index in [2.05, 4.69) is 31.1 Å². The smallest absolute Gasteiger partial charge is 0.169 e. The quantitative estimate of drug-likeness (QED) is 0.807. The van der Waals surface area contributed by atoms with Crippen LogP contribution in [0.5, 0.6) is 5.75 Å². The first-order chi connectivity index (χ1) is 7.09. The van der Waals surface area contributed by atoms with Gasteiger partial charge in [0.15, 0.2) is 11.6 Å². The third kappa shape index (κ3) is 3.42. The molecule has 0 amide bonds. The van der Waals surface area contributed by atoms with E-state index in [9.17, 15) is 0 Å². The first kappa shape index (κ1) is 11.8. The Bertz CT molecular complexity index is 310. The van der Waals surface area contributed by atoms with Gasteiger partial charge in [-0.3, -0.25) is 0 Å². The summed E-state index contributed by atoms with van der Waals surface area (Å²) in [6.45, 7) is 6.52. The molecule has 1 rings (SSSR count). The number of ether oxygens (including phenoxy) is 1. The molecule has 1 heterocycles. The highest BCUT2D eigenvalue weighted by Crippen LogP contribution is 2.25. The van der Waals surface area contributed by atoms with Gasteiger partial charge in [0.2, 0.25) is 0 Å². The fourth-order valence-electron chi connectivity index (χ4n) is 1.66. The maximum absolute atomic E-state index is 5.24. The molecule has 15 heavy (non-hydrogen) atoms. The van der Waals surface area contributed by atoms with Gasteiger partial charge in [0.05, 0.1) is 7.11 Å². The van der Waals surface area contributed by atoms with Crippen LogP contribution in [-0.4, -0.2) is 17.6 Å². The first-order valence-electron chi connectivity index (χ1n) is 5.36. The highest BCUT2D eigenvalue weighted by atomic mass is 16.5. The van der Waals surface area contributed by atoms with Crippen molar-refractivity contribution in [3.05, 3.63) is 18.3 Å². The van der Waals surface area contributed by atoms with E-state index in [0.29, 0.717) is 0 Å². The third-order valence-corrected chi connectivity index (χ3v) is 2.32. The molecule has 0 spiro atoms. The fraction of sp³-hybridized carbons (Fsp3) is 0.583. The zero-order chi connectivity index (χ0) is 11.3. The number of nitrogens with zero attached hydrogens (tertiary/aromatic N) is 1. The Labute approximate surface area is 91.9 Å². The molecule has 0 saturated carbocycles. The highest BCUT2D eigenvalue weighted by Gasteiger charge is 2.18. The summed E-state index contributed by atoms with van der Waals surface area (Å²) in [7, 11) is 1.66. The molecule has 0 fully saturated rings. The normalized spacial score (nSPS) is 11.2. The van der Waals surface area contributed by atoms with Crippen molar-refractivity contribution in [2.24, 2.45) is 0 Å². The molecule has 0 radical (unpaired) electrons. The average molecular weight is 208 g/mol. The average Bonchev–Trinajstić information content (AvgIpc) is 2.17. The van der Waals surface area contributed by atoms with Crippen LogP contribution < -0.4 is 10.1 Å². The largest absolute Gasteiger partial charge is 0.493 e. The Kier molecular flexibility index (Phi) is 3.95. The van der Waals surface area contributed by atoms with Crippen molar-refractivity contribution in [2.45, 2.75) is 39.2 Å². The fourth-order valence-corrected chi connectivity index (χ4v) is 1.66. The van der Waals surface area contributed by atoms with Crippen molar-refractivity contribution in [1.82, 2.24) is 4.98 Å². The van der Waals surface area contributed by atoms with Gasteiger partial charge in [-0.1, -0.05) is 13.3 Å². The van der Waals surface area contributed by atoms with Crippen LogP contribution in [0.2, 0.25) is 0 Å². The van der Waals surface area contributed by atoms with E-state index < -0.39 is 0 Å². The number of nitrogens with one attached hydrogen (secondary N) is 1. The Hall–Kier alpha value is -1.25. The second-order valence-electron chi connectivity index (χ2n) is 4.31. The van der Waals surface area contributed by atoms with Crippen LogP contribution >= 0.6 is 0 Å². The van der Waals surface area contributed by atoms with Crippen LogP contribution in [0.25, 0.3) is 0 Å². The monoisotopic (exact) mass is 208 g/mol. The number of methoxy groups -OCH3 is 1. The number of aromatic nitrogens is 1. The van der Waals surface area contributed by atoms with Crippen LogP contribution in [0.3, 0.4) is 0 Å². The maximum Gasteiger partial charge on any atom is 0.169 e. The number of hydrogen-bond acceptors (Lipinski definition) is 3. The maximum atomic E-state index is 5.24. The number of rotatable bonds is 5. The minimum atomic E-state index is 0.0520. The van der Waals surface area contributed by atoms with Crippen molar-refractivity contribution in [3.63, 3.8) is 0 Å². The van der Waals surface area contributed by atoms with Gasteiger partial charge in [-0.05, 0) is 32.4 Å². The lowest BCUT2D eigenvalue weighted by Gasteiger charge is -2.27. The molecule has 0 aliphatic rings. The minimum absolute atomic E-state index is 0.0520.